The summed E-state index contributed by atoms with van der Waals surface area (Å²) in [5, 5.41) is 4.71. The van der Waals surface area contributed by atoms with Gasteiger partial charge in [-0.3, -0.25) is 19.7 Å². The number of amides is 3. The van der Waals surface area contributed by atoms with Gasteiger partial charge < -0.3 is 11.1 Å². The summed E-state index contributed by atoms with van der Waals surface area (Å²) in [7, 11) is 0. The zero-order valence-corrected chi connectivity index (χ0v) is 9.47. The highest BCUT2D eigenvalue weighted by Gasteiger charge is 2.27. The Kier molecular flexibility index (Phi) is 3.22. The molecule has 1 atom stereocenters. The Hall–Kier alpha value is -2.44. The molecular weight excluding hydrogens is 236 g/mol. The average molecular weight is 248 g/mol. The van der Waals surface area contributed by atoms with Crippen LogP contribution in [0.5, 0.6) is 0 Å². The van der Waals surface area contributed by atoms with Crippen LogP contribution >= 0.6 is 0 Å². The van der Waals surface area contributed by atoms with E-state index in [0.29, 0.717) is 17.8 Å². The summed E-state index contributed by atoms with van der Waals surface area (Å²) >= 11 is 0. The molecule has 0 aromatic carbocycles. The first kappa shape index (κ1) is 12.0. The topological polar surface area (TPSA) is 114 Å². The number of anilines is 1. The standard InChI is InChI=1S/C11H12N4O3/c12-8-3-1-6(5-13-8)10(17)14-7-2-4-9(16)15-11(7)18/h1,3,5,7H,2,4H2,(H2,12,13)(H,14,17)(H,15,16,18). The number of nitrogens with one attached hydrogen (secondary N) is 2. The van der Waals surface area contributed by atoms with Crippen molar-refractivity contribution in [3.63, 3.8) is 0 Å². The molecule has 0 bridgehead atoms. The summed E-state index contributed by atoms with van der Waals surface area (Å²) in [5.74, 6) is -0.910. The van der Waals surface area contributed by atoms with Gasteiger partial charge in [-0.1, -0.05) is 0 Å². The molecule has 0 spiro atoms. The van der Waals surface area contributed by atoms with Crippen molar-refractivity contribution < 1.29 is 14.4 Å². The van der Waals surface area contributed by atoms with Crippen LogP contribution in [0.25, 0.3) is 0 Å². The zero-order chi connectivity index (χ0) is 13.1. The summed E-state index contributed by atoms with van der Waals surface area (Å²) in [5.41, 5.74) is 5.72. The van der Waals surface area contributed by atoms with Gasteiger partial charge in [-0.15, -0.1) is 0 Å². The van der Waals surface area contributed by atoms with E-state index in [9.17, 15) is 14.4 Å². The van der Waals surface area contributed by atoms with Crippen LogP contribution in [0.3, 0.4) is 0 Å². The third kappa shape index (κ3) is 2.62. The second-order valence-corrected chi connectivity index (χ2v) is 3.95. The maximum Gasteiger partial charge on any atom is 0.253 e. The Morgan fingerprint density at radius 1 is 1.44 bits per heavy atom. The Balaban J connectivity index is 2.01. The summed E-state index contributed by atoms with van der Waals surface area (Å²) in [6.07, 6.45) is 1.85. The van der Waals surface area contributed by atoms with E-state index in [4.69, 9.17) is 5.73 Å². The number of nitrogens with zero attached hydrogens (tertiary/aromatic N) is 1. The molecule has 7 nitrogen and oxygen atoms in total. The molecule has 0 radical (unpaired) electrons. The monoisotopic (exact) mass is 248 g/mol. The van der Waals surface area contributed by atoms with Crippen molar-refractivity contribution in [2.45, 2.75) is 18.9 Å². The molecule has 18 heavy (non-hydrogen) atoms. The van der Waals surface area contributed by atoms with Crippen LogP contribution in [0.15, 0.2) is 18.3 Å². The van der Waals surface area contributed by atoms with Crippen LogP contribution in [0.2, 0.25) is 0 Å². The van der Waals surface area contributed by atoms with Crippen molar-refractivity contribution in [2.24, 2.45) is 0 Å². The minimum atomic E-state index is -0.687. The number of carbonyl (C=O) groups excluding carboxylic acids is 3. The van der Waals surface area contributed by atoms with E-state index >= 15 is 0 Å². The summed E-state index contributed by atoms with van der Waals surface area (Å²) in [6, 6.07) is 2.33. The number of piperidine rings is 1. The van der Waals surface area contributed by atoms with Crippen LogP contribution in [-0.2, 0) is 9.59 Å². The molecule has 1 fully saturated rings. The molecule has 2 heterocycles. The highest BCUT2D eigenvalue weighted by molar-refractivity contribution is 6.03. The van der Waals surface area contributed by atoms with Crippen molar-refractivity contribution in [1.29, 1.82) is 0 Å². The fourth-order valence-corrected chi connectivity index (χ4v) is 1.61. The lowest BCUT2D eigenvalue weighted by Crippen LogP contribution is -2.52. The van der Waals surface area contributed by atoms with Crippen molar-refractivity contribution in [1.82, 2.24) is 15.6 Å². The van der Waals surface area contributed by atoms with Gasteiger partial charge in [0.15, 0.2) is 0 Å². The van der Waals surface area contributed by atoms with Crippen molar-refractivity contribution in [2.75, 3.05) is 5.73 Å². The first-order valence-electron chi connectivity index (χ1n) is 5.42. The maximum atomic E-state index is 11.8. The Labute approximate surface area is 103 Å². The predicted octanol–water partition coefficient (Wildman–Crippen LogP) is -0.801. The SMILES string of the molecule is Nc1ccc(C(=O)NC2CCC(=O)NC2=O)cn1. The van der Waals surface area contributed by atoms with E-state index in [2.05, 4.69) is 15.6 Å². The number of rotatable bonds is 2. The van der Waals surface area contributed by atoms with Crippen molar-refractivity contribution in [3.05, 3.63) is 23.9 Å². The first-order valence-corrected chi connectivity index (χ1v) is 5.42. The van der Waals surface area contributed by atoms with Gasteiger partial charge in [0.25, 0.3) is 5.91 Å². The molecule has 1 unspecified atom stereocenters. The van der Waals surface area contributed by atoms with Gasteiger partial charge in [0.1, 0.15) is 11.9 Å². The number of aromatic nitrogens is 1. The molecule has 2 rings (SSSR count). The average Bonchev–Trinajstić information content (AvgIpc) is 2.33. The highest BCUT2D eigenvalue weighted by atomic mass is 16.2. The highest BCUT2D eigenvalue weighted by Crippen LogP contribution is 2.07. The van der Waals surface area contributed by atoms with Crippen LogP contribution in [0.4, 0.5) is 5.82 Å². The Morgan fingerprint density at radius 3 is 2.83 bits per heavy atom. The number of pyridine rings is 1. The number of hydrogen-bond acceptors (Lipinski definition) is 5. The van der Waals surface area contributed by atoms with E-state index in [-0.39, 0.29) is 12.3 Å². The molecule has 1 aromatic rings. The fourth-order valence-electron chi connectivity index (χ4n) is 1.61. The number of carbonyl (C=O) groups is 3. The molecule has 7 heteroatoms. The number of nitrogens with two attached hydrogens (primary N) is 1. The zero-order valence-electron chi connectivity index (χ0n) is 9.47. The Bertz CT molecular complexity index is 498. The van der Waals surface area contributed by atoms with E-state index in [1.165, 1.54) is 18.3 Å². The molecule has 94 valence electrons. The van der Waals surface area contributed by atoms with Crippen LogP contribution in [0.1, 0.15) is 23.2 Å². The van der Waals surface area contributed by atoms with Gasteiger partial charge in [-0.05, 0) is 18.6 Å². The van der Waals surface area contributed by atoms with E-state index in [0.717, 1.165) is 0 Å². The molecular formula is C11H12N4O3. The molecule has 0 saturated carbocycles. The largest absolute Gasteiger partial charge is 0.384 e. The molecule has 1 aliphatic heterocycles. The van der Waals surface area contributed by atoms with Crippen LogP contribution < -0.4 is 16.4 Å². The third-order valence-corrected chi connectivity index (χ3v) is 2.59. The minimum Gasteiger partial charge on any atom is -0.384 e. The molecule has 4 N–H and O–H groups in total. The van der Waals surface area contributed by atoms with Gasteiger partial charge in [-0.25, -0.2) is 4.98 Å². The number of imide groups is 1. The molecule has 0 aliphatic carbocycles. The second-order valence-electron chi connectivity index (χ2n) is 3.95. The lowest BCUT2D eigenvalue weighted by molar-refractivity contribution is -0.134. The Morgan fingerprint density at radius 2 is 2.22 bits per heavy atom. The van der Waals surface area contributed by atoms with Gasteiger partial charge in [0, 0.05) is 12.6 Å². The third-order valence-electron chi connectivity index (χ3n) is 2.59. The first-order chi connectivity index (χ1) is 8.56. The van der Waals surface area contributed by atoms with Crippen LogP contribution in [0, 0.1) is 0 Å². The van der Waals surface area contributed by atoms with Gasteiger partial charge >= 0.3 is 0 Å². The minimum absolute atomic E-state index is 0.219. The molecule has 1 aliphatic rings. The van der Waals surface area contributed by atoms with Crippen LogP contribution in [-0.4, -0.2) is 28.7 Å². The number of hydrogen-bond donors (Lipinski definition) is 3. The van der Waals surface area contributed by atoms with Gasteiger partial charge in [0.2, 0.25) is 11.8 Å². The van der Waals surface area contributed by atoms with Crippen molar-refractivity contribution in [3.8, 4) is 0 Å². The number of nitrogen functional groups attached to an aromatic ring is 1. The van der Waals surface area contributed by atoms with E-state index < -0.39 is 17.9 Å². The lowest BCUT2D eigenvalue weighted by Gasteiger charge is -2.21. The molecule has 1 saturated heterocycles. The summed E-state index contributed by atoms with van der Waals surface area (Å²) in [6.45, 7) is 0. The summed E-state index contributed by atoms with van der Waals surface area (Å²) < 4.78 is 0. The molecule has 3 amide bonds. The summed E-state index contributed by atoms with van der Waals surface area (Å²) in [4.78, 5) is 38.0. The maximum absolute atomic E-state index is 11.8. The van der Waals surface area contributed by atoms with Crippen molar-refractivity contribution >= 4 is 23.5 Å². The lowest BCUT2D eigenvalue weighted by atomic mass is 10.1. The second kappa shape index (κ2) is 4.82. The normalized spacial score (nSPS) is 19.2. The smallest absolute Gasteiger partial charge is 0.253 e. The van der Waals surface area contributed by atoms with E-state index in [1.54, 1.807) is 0 Å². The quantitative estimate of drug-likeness (QED) is 0.593. The van der Waals surface area contributed by atoms with E-state index in [1.807, 2.05) is 0 Å². The van der Waals surface area contributed by atoms with Gasteiger partial charge in [-0.2, -0.15) is 0 Å². The molecule has 1 aromatic heterocycles. The van der Waals surface area contributed by atoms with Gasteiger partial charge in [0.05, 0.1) is 5.56 Å². The predicted molar refractivity (Wildman–Crippen MR) is 62.3 cm³/mol. The fraction of sp³-hybridized carbons (Fsp3) is 0.273.